The van der Waals surface area contributed by atoms with Crippen molar-refractivity contribution in [2.45, 2.75) is 58.4 Å². The molecular weight excluding hydrogens is 274 g/mol. The normalized spacial score (nSPS) is 28.9. The van der Waals surface area contributed by atoms with Gasteiger partial charge in [0.05, 0.1) is 0 Å². The van der Waals surface area contributed by atoms with E-state index >= 15 is 0 Å². The third kappa shape index (κ3) is 2.89. The molecule has 2 heterocycles. The average Bonchev–Trinajstić information content (AvgIpc) is 2.93. The molecule has 5 nitrogen and oxygen atoms in total. The van der Waals surface area contributed by atoms with Crippen LogP contribution in [0.3, 0.4) is 0 Å². The lowest BCUT2D eigenvalue weighted by molar-refractivity contribution is 0.231. The second-order valence-corrected chi connectivity index (χ2v) is 8.18. The molecule has 20 heavy (non-hydrogen) atoms. The van der Waals surface area contributed by atoms with Crippen molar-refractivity contribution in [2.75, 3.05) is 26.2 Å². The number of hydrogen-bond donors (Lipinski definition) is 1. The van der Waals surface area contributed by atoms with Crippen LogP contribution in [0.15, 0.2) is 0 Å². The Morgan fingerprint density at radius 1 is 1.20 bits per heavy atom. The van der Waals surface area contributed by atoms with Gasteiger partial charge in [0.2, 0.25) is 0 Å². The van der Waals surface area contributed by atoms with Crippen LogP contribution in [-0.4, -0.2) is 49.2 Å². The van der Waals surface area contributed by atoms with Crippen molar-refractivity contribution in [1.29, 1.82) is 0 Å². The van der Waals surface area contributed by atoms with Crippen molar-refractivity contribution in [3.63, 3.8) is 0 Å². The maximum atomic E-state index is 12.9. The molecule has 1 atom stereocenters. The summed E-state index contributed by atoms with van der Waals surface area (Å²) in [6.07, 6.45) is 6.03. The molecule has 2 rings (SSSR count). The largest absolute Gasteiger partial charge is 0.329 e. The Morgan fingerprint density at radius 3 is 2.45 bits per heavy atom. The molecule has 118 valence electrons. The Bertz CT molecular complexity index is 420. The highest BCUT2D eigenvalue weighted by Gasteiger charge is 2.44. The van der Waals surface area contributed by atoms with Crippen LogP contribution in [0.2, 0.25) is 0 Å². The Balaban J connectivity index is 2.14. The molecule has 0 radical (unpaired) electrons. The number of piperidine rings is 1. The highest BCUT2D eigenvalue weighted by molar-refractivity contribution is 7.86. The predicted octanol–water partition coefficient (Wildman–Crippen LogP) is 1.56. The number of hydrogen-bond acceptors (Lipinski definition) is 3. The molecular formula is C14H29N3O2S. The third-order valence-electron chi connectivity index (χ3n) is 5.37. The molecule has 2 N–H and O–H groups in total. The van der Waals surface area contributed by atoms with Crippen LogP contribution >= 0.6 is 0 Å². The van der Waals surface area contributed by atoms with Gasteiger partial charge in [-0.25, -0.2) is 0 Å². The summed E-state index contributed by atoms with van der Waals surface area (Å²) in [4.78, 5) is 0. The first-order chi connectivity index (χ1) is 9.49. The zero-order valence-electron chi connectivity index (χ0n) is 12.8. The topological polar surface area (TPSA) is 66.6 Å². The molecule has 0 saturated carbocycles. The lowest BCUT2D eigenvalue weighted by Gasteiger charge is -2.37. The smallest absolute Gasteiger partial charge is 0.282 e. The molecule has 2 aliphatic heterocycles. The molecule has 2 fully saturated rings. The first-order valence-corrected chi connectivity index (χ1v) is 9.36. The van der Waals surface area contributed by atoms with Crippen molar-refractivity contribution in [1.82, 2.24) is 8.61 Å². The van der Waals surface area contributed by atoms with Crippen molar-refractivity contribution in [3.8, 4) is 0 Å². The minimum atomic E-state index is -3.33. The second kappa shape index (κ2) is 6.30. The fourth-order valence-corrected chi connectivity index (χ4v) is 5.56. The summed E-state index contributed by atoms with van der Waals surface area (Å²) >= 11 is 0. The Labute approximate surface area is 123 Å². The average molecular weight is 303 g/mol. The van der Waals surface area contributed by atoms with Crippen molar-refractivity contribution >= 4 is 10.2 Å². The molecule has 2 aliphatic rings. The van der Waals surface area contributed by atoms with Gasteiger partial charge < -0.3 is 5.73 Å². The lowest BCUT2D eigenvalue weighted by Crippen LogP contribution is -2.52. The van der Waals surface area contributed by atoms with E-state index < -0.39 is 10.2 Å². The highest BCUT2D eigenvalue weighted by Crippen LogP contribution is 2.39. The van der Waals surface area contributed by atoms with Crippen LogP contribution in [0.25, 0.3) is 0 Å². The van der Waals surface area contributed by atoms with Crippen molar-refractivity contribution in [2.24, 2.45) is 11.1 Å². The molecule has 6 heteroatoms. The van der Waals surface area contributed by atoms with Gasteiger partial charge in [0.15, 0.2) is 0 Å². The molecule has 2 saturated heterocycles. The van der Waals surface area contributed by atoms with E-state index in [0.717, 1.165) is 38.5 Å². The van der Waals surface area contributed by atoms with Gasteiger partial charge in [-0.05, 0) is 37.5 Å². The van der Waals surface area contributed by atoms with E-state index in [1.807, 2.05) is 0 Å². The van der Waals surface area contributed by atoms with E-state index in [9.17, 15) is 8.42 Å². The van der Waals surface area contributed by atoms with Gasteiger partial charge in [-0.1, -0.05) is 20.3 Å². The highest BCUT2D eigenvalue weighted by atomic mass is 32.2. The summed E-state index contributed by atoms with van der Waals surface area (Å²) in [5, 5.41) is 0. The summed E-state index contributed by atoms with van der Waals surface area (Å²) in [6.45, 7) is 6.74. The first-order valence-electron chi connectivity index (χ1n) is 7.96. The number of rotatable bonds is 5. The van der Waals surface area contributed by atoms with Gasteiger partial charge >= 0.3 is 0 Å². The molecule has 0 aliphatic carbocycles. The quantitative estimate of drug-likeness (QED) is 0.838. The van der Waals surface area contributed by atoms with E-state index in [0.29, 0.717) is 26.2 Å². The van der Waals surface area contributed by atoms with Gasteiger partial charge in [-0.15, -0.1) is 0 Å². The van der Waals surface area contributed by atoms with E-state index in [-0.39, 0.29) is 11.5 Å². The zero-order valence-corrected chi connectivity index (χ0v) is 13.7. The second-order valence-electron chi connectivity index (χ2n) is 6.29. The molecule has 0 spiro atoms. The fraction of sp³-hybridized carbons (Fsp3) is 1.00. The Kier molecular flexibility index (Phi) is 5.10. The Hall–Kier alpha value is -0.170. The molecule has 0 bridgehead atoms. The molecule has 1 unspecified atom stereocenters. The van der Waals surface area contributed by atoms with Crippen LogP contribution in [0.4, 0.5) is 0 Å². The monoisotopic (exact) mass is 303 g/mol. The van der Waals surface area contributed by atoms with Gasteiger partial charge in [-0.2, -0.15) is 17.0 Å². The molecule has 0 amide bonds. The maximum absolute atomic E-state index is 12.9. The van der Waals surface area contributed by atoms with Crippen LogP contribution in [0.5, 0.6) is 0 Å². The number of nitrogens with two attached hydrogens (primary N) is 1. The van der Waals surface area contributed by atoms with Crippen molar-refractivity contribution < 1.29 is 8.42 Å². The van der Waals surface area contributed by atoms with Gasteiger partial charge in [-0.3, -0.25) is 0 Å². The third-order valence-corrected chi connectivity index (χ3v) is 7.41. The summed E-state index contributed by atoms with van der Waals surface area (Å²) in [7, 11) is -3.33. The van der Waals surface area contributed by atoms with E-state index in [4.69, 9.17) is 5.73 Å². The zero-order chi connectivity index (χ0) is 14.8. The SMILES string of the molecule is CCC1(CC)CCN(S(=O)(=O)N2CCCCC2CN)C1. The summed E-state index contributed by atoms with van der Waals surface area (Å²) in [5.74, 6) is 0. The van der Waals surface area contributed by atoms with Crippen LogP contribution in [-0.2, 0) is 10.2 Å². The van der Waals surface area contributed by atoms with Crippen molar-refractivity contribution in [3.05, 3.63) is 0 Å². The van der Waals surface area contributed by atoms with Gasteiger partial charge in [0.1, 0.15) is 0 Å². The minimum absolute atomic E-state index is 0.00740. The lowest BCUT2D eigenvalue weighted by atomic mass is 9.82. The summed E-state index contributed by atoms with van der Waals surface area (Å²) in [6, 6.07) is -0.00740. The van der Waals surface area contributed by atoms with Crippen LogP contribution in [0, 0.1) is 5.41 Å². The molecule has 0 aromatic carbocycles. The summed E-state index contributed by atoms with van der Waals surface area (Å²) in [5.41, 5.74) is 5.95. The van der Waals surface area contributed by atoms with E-state index in [1.54, 1.807) is 8.61 Å². The maximum Gasteiger partial charge on any atom is 0.282 e. The minimum Gasteiger partial charge on any atom is -0.329 e. The number of nitrogens with zero attached hydrogens (tertiary/aromatic N) is 2. The van der Waals surface area contributed by atoms with Gasteiger partial charge in [0, 0.05) is 32.2 Å². The first kappa shape index (κ1) is 16.2. The van der Waals surface area contributed by atoms with E-state index in [2.05, 4.69) is 13.8 Å². The fourth-order valence-electron chi connectivity index (χ4n) is 3.58. The predicted molar refractivity (Wildman–Crippen MR) is 81.5 cm³/mol. The van der Waals surface area contributed by atoms with Gasteiger partial charge in [0.25, 0.3) is 10.2 Å². The standard InChI is InChI=1S/C14H29N3O2S/c1-3-14(4-2)8-10-16(12-14)20(18,19)17-9-6-5-7-13(17)11-15/h13H,3-12,15H2,1-2H3. The van der Waals surface area contributed by atoms with Crippen LogP contribution < -0.4 is 5.73 Å². The molecule has 0 aromatic heterocycles. The molecule has 0 aromatic rings. The van der Waals surface area contributed by atoms with Crippen LogP contribution in [0.1, 0.15) is 52.4 Å². The Morgan fingerprint density at radius 2 is 1.90 bits per heavy atom. The summed E-state index contributed by atoms with van der Waals surface area (Å²) < 4.78 is 29.1. The van der Waals surface area contributed by atoms with E-state index in [1.165, 1.54) is 0 Å².